The molecule has 0 aliphatic carbocycles. The number of urea groups is 1. The van der Waals surface area contributed by atoms with Gasteiger partial charge in [0.25, 0.3) is 0 Å². The number of pyridine rings is 1. The smallest absolute Gasteiger partial charge is 0.323 e. The zero-order chi connectivity index (χ0) is 15.2. The molecule has 0 unspecified atom stereocenters. The van der Waals surface area contributed by atoms with Gasteiger partial charge in [0.05, 0.1) is 0 Å². The molecule has 0 radical (unpaired) electrons. The van der Waals surface area contributed by atoms with Gasteiger partial charge in [0, 0.05) is 35.3 Å². The fraction of sp³-hybridized carbons (Fsp3) is 0.143. The van der Waals surface area contributed by atoms with Gasteiger partial charge in [-0.05, 0) is 30.2 Å². The molecule has 1 aromatic carbocycles. The van der Waals surface area contributed by atoms with E-state index in [4.69, 9.17) is 16.7 Å². The standard InChI is InChI=1S/C14H13ClFN3O2/c15-11-2-1-3-12(10(11)5-7-20)19-14(21)18-9-4-6-17-13(16)8-9/h1-4,6,8,20H,5,7H2,(H2,17,18,19,21). The third-order valence-corrected chi connectivity index (χ3v) is 3.07. The second-order valence-corrected chi connectivity index (χ2v) is 4.59. The molecule has 0 bridgehead atoms. The molecule has 7 heteroatoms. The van der Waals surface area contributed by atoms with E-state index >= 15 is 0 Å². The van der Waals surface area contributed by atoms with Gasteiger partial charge in [-0.25, -0.2) is 9.78 Å². The van der Waals surface area contributed by atoms with Crippen molar-refractivity contribution in [1.29, 1.82) is 0 Å². The van der Waals surface area contributed by atoms with Gasteiger partial charge >= 0.3 is 6.03 Å². The van der Waals surface area contributed by atoms with Crippen molar-refractivity contribution in [3.63, 3.8) is 0 Å². The summed E-state index contributed by atoms with van der Waals surface area (Å²) in [4.78, 5) is 15.3. The molecular weight excluding hydrogens is 297 g/mol. The Labute approximate surface area is 125 Å². The first-order valence-corrected chi connectivity index (χ1v) is 6.56. The minimum atomic E-state index is -0.684. The van der Waals surface area contributed by atoms with E-state index in [0.717, 1.165) is 6.07 Å². The molecule has 0 spiro atoms. The average Bonchev–Trinajstić information content (AvgIpc) is 2.42. The molecule has 0 saturated carbocycles. The number of rotatable bonds is 4. The molecule has 0 saturated heterocycles. The lowest BCUT2D eigenvalue weighted by Crippen LogP contribution is -2.20. The minimum absolute atomic E-state index is 0.0877. The van der Waals surface area contributed by atoms with Crippen LogP contribution in [0.3, 0.4) is 0 Å². The number of anilines is 2. The van der Waals surface area contributed by atoms with Crippen LogP contribution >= 0.6 is 11.6 Å². The van der Waals surface area contributed by atoms with Crippen molar-refractivity contribution in [2.45, 2.75) is 6.42 Å². The Morgan fingerprint density at radius 1 is 1.33 bits per heavy atom. The van der Waals surface area contributed by atoms with E-state index in [9.17, 15) is 9.18 Å². The van der Waals surface area contributed by atoms with Gasteiger partial charge in [-0.15, -0.1) is 0 Å². The molecule has 3 N–H and O–H groups in total. The number of hydrogen-bond acceptors (Lipinski definition) is 3. The number of carbonyl (C=O) groups excluding carboxylic acids is 1. The Hall–Kier alpha value is -2.18. The number of nitrogens with zero attached hydrogens (tertiary/aromatic N) is 1. The van der Waals surface area contributed by atoms with Gasteiger partial charge in [-0.3, -0.25) is 0 Å². The predicted molar refractivity (Wildman–Crippen MR) is 79.1 cm³/mol. The molecule has 0 fully saturated rings. The van der Waals surface area contributed by atoms with Crippen LogP contribution in [0.15, 0.2) is 36.5 Å². The Bertz CT molecular complexity index is 652. The summed E-state index contributed by atoms with van der Waals surface area (Å²) >= 11 is 6.03. The molecule has 1 aromatic heterocycles. The first-order chi connectivity index (χ1) is 10.1. The third-order valence-electron chi connectivity index (χ3n) is 2.71. The van der Waals surface area contributed by atoms with Crippen LogP contribution in [0.5, 0.6) is 0 Å². The van der Waals surface area contributed by atoms with Crippen LogP contribution in [-0.2, 0) is 6.42 Å². The van der Waals surface area contributed by atoms with Crippen molar-refractivity contribution in [3.05, 3.63) is 53.1 Å². The monoisotopic (exact) mass is 309 g/mol. The maximum atomic E-state index is 12.9. The lowest BCUT2D eigenvalue weighted by Gasteiger charge is -2.12. The first-order valence-electron chi connectivity index (χ1n) is 6.18. The number of benzene rings is 1. The number of hydrogen-bond donors (Lipinski definition) is 3. The maximum absolute atomic E-state index is 12.9. The highest BCUT2D eigenvalue weighted by Gasteiger charge is 2.10. The fourth-order valence-electron chi connectivity index (χ4n) is 1.81. The lowest BCUT2D eigenvalue weighted by atomic mass is 10.1. The summed E-state index contributed by atoms with van der Waals surface area (Å²) in [7, 11) is 0. The van der Waals surface area contributed by atoms with Crippen molar-refractivity contribution in [3.8, 4) is 0 Å². The highest BCUT2D eigenvalue weighted by atomic mass is 35.5. The lowest BCUT2D eigenvalue weighted by molar-refractivity contribution is 0.262. The summed E-state index contributed by atoms with van der Waals surface area (Å²) in [5, 5.41) is 14.6. The molecule has 2 aromatic rings. The van der Waals surface area contributed by atoms with E-state index in [1.165, 1.54) is 12.3 Å². The zero-order valence-electron chi connectivity index (χ0n) is 10.9. The second-order valence-electron chi connectivity index (χ2n) is 4.19. The molecule has 0 aliphatic heterocycles. The number of amides is 2. The largest absolute Gasteiger partial charge is 0.396 e. The van der Waals surface area contributed by atoms with Crippen LogP contribution in [0.1, 0.15) is 5.56 Å². The summed E-state index contributed by atoms with van der Waals surface area (Å²) in [6, 6.07) is 7.06. The summed E-state index contributed by atoms with van der Waals surface area (Å²) in [5.74, 6) is -0.684. The Balaban J connectivity index is 2.11. The normalized spacial score (nSPS) is 10.2. The molecule has 1 heterocycles. The highest BCUT2D eigenvalue weighted by Crippen LogP contribution is 2.25. The molecule has 5 nitrogen and oxygen atoms in total. The van der Waals surface area contributed by atoms with Crippen molar-refractivity contribution >= 4 is 29.0 Å². The SMILES string of the molecule is O=C(Nc1ccnc(F)c1)Nc1cccc(Cl)c1CCO. The number of aromatic nitrogens is 1. The molecule has 110 valence electrons. The van der Waals surface area contributed by atoms with Crippen LogP contribution in [0.2, 0.25) is 5.02 Å². The highest BCUT2D eigenvalue weighted by molar-refractivity contribution is 6.31. The zero-order valence-corrected chi connectivity index (χ0v) is 11.7. The van der Waals surface area contributed by atoms with Gasteiger partial charge in [-0.1, -0.05) is 17.7 Å². The second kappa shape index (κ2) is 7.01. The summed E-state index contributed by atoms with van der Waals surface area (Å²) in [5.41, 5.74) is 1.41. The van der Waals surface area contributed by atoms with Gasteiger partial charge in [0.15, 0.2) is 0 Å². The molecule has 0 atom stereocenters. The first kappa shape index (κ1) is 15.2. The third kappa shape index (κ3) is 4.14. The number of aliphatic hydroxyl groups excluding tert-OH is 1. The van der Waals surface area contributed by atoms with Crippen molar-refractivity contribution in [2.75, 3.05) is 17.2 Å². The van der Waals surface area contributed by atoms with Crippen LogP contribution in [0, 0.1) is 5.95 Å². The fourth-order valence-corrected chi connectivity index (χ4v) is 2.08. The van der Waals surface area contributed by atoms with Crippen LogP contribution in [0.4, 0.5) is 20.6 Å². The van der Waals surface area contributed by atoms with E-state index in [0.29, 0.717) is 22.7 Å². The summed E-state index contributed by atoms with van der Waals surface area (Å²) in [6.45, 7) is -0.0877. The molecule has 21 heavy (non-hydrogen) atoms. The Kier molecular flexibility index (Phi) is 5.08. The molecule has 0 aliphatic rings. The van der Waals surface area contributed by atoms with Crippen LogP contribution < -0.4 is 10.6 Å². The number of nitrogens with one attached hydrogen (secondary N) is 2. The maximum Gasteiger partial charge on any atom is 0.323 e. The van der Waals surface area contributed by atoms with E-state index in [-0.39, 0.29) is 12.3 Å². The summed E-state index contributed by atoms with van der Waals surface area (Å²) < 4.78 is 12.9. The van der Waals surface area contributed by atoms with E-state index in [1.807, 2.05) is 0 Å². The van der Waals surface area contributed by atoms with Gasteiger partial charge in [0.1, 0.15) is 0 Å². The molecule has 2 amide bonds. The van der Waals surface area contributed by atoms with Gasteiger partial charge in [-0.2, -0.15) is 4.39 Å². The number of carbonyl (C=O) groups is 1. The van der Waals surface area contributed by atoms with Gasteiger partial charge < -0.3 is 15.7 Å². The Morgan fingerprint density at radius 3 is 2.86 bits per heavy atom. The quantitative estimate of drug-likeness (QED) is 0.760. The van der Waals surface area contributed by atoms with E-state index in [2.05, 4.69) is 15.6 Å². The summed E-state index contributed by atoms with van der Waals surface area (Å²) in [6.07, 6.45) is 1.57. The van der Waals surface area contributed by atoms with E-state index < -0.39 is 12.0 Å². The predicted octanol–water partition coefficient (Wildman–Crippen LogP) is 3.05. The van der Waals surface area contributed by atoms with Crippen LogP contribution in [-0.4, -0.2) is 22.7 Å². The Morgan fingerprint density at radius 2 is 2.14 bits per heavy atom. The number of halogens is 2. The minimum Gasteiger partial charge on any atom is -0.396 e. The average molecular weight is 310 g/mol. The topological polar surface area (TPSA) is 74.2 Å². The van der Waals surface area contributed by atoms with Crippen molar-refractivity contribution < 1.29 is 14.3 Å². The molecule has 2 rings (SSSR count). The van der Waals surface area contributed by atoms with Crippen molar-refractivity contribution in [1.82, 2.24) is 4.98 Å². The van der Waals surface area contributed by atoms with Crippen LogP contribution in [0.25, 0.3) is 0 Å². The van der Waals surface area contributed by atoms with Crippen molar-refractivity contribution in [2.24, 2.45) is 0 Å². The molecular formula is C14H13ClFN3O2. The van der Waals surface area contributed by atoms with E-state index in [1.54, 1.807) is 18.2 Å². The number of aliphatic hydroxyl groups is 1. The van der Waals surface area contributed by atoms with Gasteiger partial charge in [0.2, 0.25) is 5.95 Å².